The Labute approximate surface area is 157 Å². The molecule has 8 heteroatoms. The maximum Gasteiger partial charge on any atom is 0.203 e. The van der Waals surface area contributed by atoms with E-state index in [1.807, 2.05) is 36.4 Å². The van der Waals surface area contributed by atoms with Crippen molar-refractivity contribution < 1.29 is 0 Å². The topological polar surface area (TPSA) is 76.9 Å². The van der Waals surface area contributed by atoms with E-state index in [9.17, 15) is 5.26 Å². The summed E-state index contributed by atoms with van der Waals surface area (Å²) in [5, 5.41) is 13.5. The zero-order valence-corrected chi connectivity index (χ0v) is 16.2. The highest BCUT2D eigenvalue weighted by Crippen LogP contribution is 2.34. The summed E-state index contributed by atoms with van der Waals surface area (Å²) < 4.78 is 2.54. The zero-order valence-electron chi connectivity index (χ0n) is 11.4. The Balaban J connectivity index is 1.95. The summed E-state index contributed by atoms with van der Waals surface area (Å²) >= 11 is 10.3. The highest BCUT2D eigenvalue weighted by molar-refractivity contribution is 9.11. The normalized spacial score (nSPS) is 11.5. The number of imidazole rings is 1. The van der Waals surface area contributed by atoms with Crippen molar-refractivity contribution in [1.82, 2.24) is 9.97 Å². The molecule has 3 aromatic rings. The average molecular weight is 498 g/mol. The molecule has 0 radical (unpaired) electrons. The fraction of sp³-hybridized carbons (Fsp3) is 0. The van der Waals surface area contributed by atoms with Crippen LogP contribution in [0.2, 0.25) is 0 Å². The number of aromatic nitrogens is 2. The molecule has 0 saturated carbocycles. The zero-order chi connectivity index (χ0) is 16.4. The first-order chi connectivity index (χ1) is 11.1. The molecular formula is C15H8Br3N5. The quantitative estimate of drug-likeness (QED) is 0.386. The number of benzene rings is 2. The molecule has 0 unspecified atom stereocenters. The summed E-state index contributed by atoms with van der Waals surface area (Å²) in [4.78, 5) is 7.46. The van der Waals surface area contributed by atoms with Gasteiger partial charge in [-0.25, -0.2) is 4.98 Å². The Kier molecular flexibility index (Phi) is 4.80. The van der Waals surface area contributed by atoms with Gasteiger partial charge in [0.15, 0.2) is 5.82 Å². The number of nitrogens with zero attached hydrogens (tertiary/aromatic N) is 3. The fourth-order valence-corrected chi connectivity index (χ4v) is 4.39. The number of nitrogens with one attached hydrogen (secondary N) is 2. The Morgan fingerprint density at radius 3 is 2.52 bits per heavy atom. The van der Waals surface area contributed by atoms with Gasteiger partial charge in [0.1, 0.15) is 6.07 Å². The SMILES string of the molecule is N#CC(=NNc1c(Br)cc(Br)cc1Br)c1nc2ccccc2[nH]1. The molecule has 0 amide bonds. The second-order valence-corrected chi connectivity index (χ2v) is 7.16. The Bertz CT molecular complexity index is 899. The summed E-state index contributed by atoms with van der Waals surface area (Å²) in [7, 11) is 0. The molecule has 0 aliphatic heterocycles. The number of anilines is 1. The van der Waals surface area contributed by atoms with Crippen LogP contribution in [-0.4, -0.2) is 15.7 Å². The third-order valence-electron chi connectivity index (χ3n) is 3.01. The van der Waals surface area contributed by atoms with Gasteiger partial charge in [0.05, 0.1) is 16.7 Å². The van der Waals surface area contributed by atoms with Crippen LogP contribution >= 0.6 is 47.8 Å². The van der Waals surface area contributed by atoms with Crippen LogP contribution < -0.4 is 5.43 Å². The molecule has 0 aliphatic rings. The smallest absolute Gasteiger partial charge is 0.203 e. The van der Waals surface area contributed by atoms with Gasteiger partial charge in [0.25, 0.3) is 0 Å². The number of nitriles is 1. The number of para-hydroxylation sites is 2. The average Bonchev–Trinajstić information content (AvgIpc) is 2.93. The van der Waals surface area contributed by atoms with Gasteiger partial charge in [-0.15, -0.1) is 0 Å². The van der Waals surface area contributed by atoms with Crippen molar-refractivity contribution in [1.29, 1.82) is 5.26 Å². The first kappa shape index (κ1) is 16.2. The van der Waals surface area contributed by atoms with E-state index < -0.39 is 0 Å². The molecule has 2 N–H and O–H groups in total. The molecule has 114 valence electrons. The molecule has 23 heavy (non-hydrogen) atoms. The molecule has 0 aliphatic carbocycles. The lowest BCUT2D eigenvalue weighted by atomic mass is 10.3. The predicted molar refractivity (Wildman–Crippen MR) is 101 cm³/mol. The van der Waals surface area contributed by atoms with Crippen molar-refractivity contribution in [2.75, 3.05) is 5.43 Å². The van der Waals surface area contributed by atoms with Gasteiger partial charge < -0.3 is 4.98 Å². The maximum absolute atomic E-state index is 9.35. The van der Waals surface area contributed by atoms with E-state index in [0.29, 0.717) is 5.82 Å². The van der Waals surface area contributed by atoms with Gasteiger partial charge in [-0.3, -0.25) is 5.43 Å². The largest absolute Gasteiger partial charge is 0.336 e. The highest BCUT2D eigenvalue weighted by atomic mass is 79.9. The van der Waals surface area contributed by atoms with Gasteiger partial charge in [-0.1, -0.05) is 28.1 Å². The summed E-state index contributed by atoms with van der Waals surface area (Å²) in [6.07, 6.45) is 0. The van der Waals surface area contributed by atoms with Gasteiger partial charge in [-0.05, 0) is 56.1 Å². The van der Waals surface area contributed by atoms with E-state index in [-0.39, 0.29) is 5.71 Å². The maximum atomic E-state index is 9.35. The van der Waals surface area contributed by atoms with E-state index in [0.717, 1.165) is 30.1 Å². The Morgan fingerprint density at radius 1 is 1.17 bits per heavy atom. The van der Waals surface area contributed by atoms with Crippen LogP contribution in [0.25, 0.3) is 11.0 Å². The van der Waals surface area contributed by atoms with Crippen molar-refractivity contribution in [2.24, 2.45) is 5.10 Å². The number of halogens is 3. The molecule has 0 spiro atoms. The number of H-pyrrole nitrogens is 1. The summed E-state index contributed by atoms with van der Waals surface area (Å²) in [5.41, 5.74) is 5.43. The van der Waals surface area contributed by atoms with Crippen LogP contribution in [-0.2, 0) is 0 Å². The second-order valence-electron chi connectivity index (χ2n) is 4.53. The number of fused-ring (bicyclic) bond motifs is 1. The van der Waals surface area contributed by atoms with Crippen molar-refractivity contribution in [3.63, 3.8) is 0 Å². The minimum Gasteiger partial charge on any atom is -0.336 e. The Hall–Kier alpha value is -1.69. The molecule has 1 aromatic heterocycles. The fourth-order valence-electron chi connectivity index (χ4n) is 1.96. The van der Waals surface area contributed by atoms with E-state index in [2.05, 4.69) is 74.4 Å². The molecule has 3 rings (SSSR count). The first-order valence-electron chi connectivity index (χ1n) is 6.42. The molecule has 0 bridgehead atoms. The van der Waals surface area contributed by atoms with Gasteiger partial charge in [0.2, 0.25) is 5.71 Å². The summed E-state index contributed by atoms with van der Waals surface area (Å²) in [6, 6.07) is 13.4. The molecule has 2 aromatic carbocycles. The molecule has 1 heterocycles. The van der Waals surface area contributed by atoms with Crippen molar-refractivity contribution in [3.05, 3.63) is 55.6 Å². The van der Waals surface area contributed by atoms with Gasteiger partial charge >= 0.3 is 0 Å². The van der Waals surface area contributed by atoms with Crippen LogP contribution in [0.5, 0.6) is 0 Å². The lowest BCUT2D eigenvalue weighted by Gasteiger charge is -2.07. The molecule has 0 saturated heterocycles. The Morgan fingerprint density at radius 2 is 1.87 bits per heavy atom. The van der Waals surface area contributed by atoms with Crippen LogP contribution in [0.4, 0.5) is 5.69 Å². The number of rotatable bonds is 3. The molecule has 5 nitrogen and oxygen atoms in total. The lowest BCUT2D eigenvalue weighted by Crippen LogP contribution is -2.04. The van der Waals surface area contributed by atoms with Crippen LogP contribution in [0.1, 0.15) is 5.82 Å². The monoisotopic (exact) mass is 495 g/mol. The van der Waals surface area contributed by atoms with Crippen LogP contribution in [0, 0.1) is 11.3 Å². The van der Waals surface area contributed by atoms with Crippen molar-refractivity contribution in [3.8, 4) is 6.07 Å². The summed E-state index contributed by atoms with van der Waals surface area (Å²) in [5.74, 6) is 0.422. The first-order valence-corrected chi connectivity index (χ1v) is 8.80. The molecule has 0 atom stereocenters. The van der Waals surface area contributed by atoms with Crippen molar-refractivity contribution >= 4 is 70.2 Å². The third-order valence-corrected chi connectivity index (χ3v) is 4.71. The molecule has 0 fully saturated rings. The molecular weight excluding hydrogens is 490 g/mol. The van der Waals surface area contributed by atoms with Crippen LogP contribution in [0.15, 0.2) is 54.9 Å². The third kappa shape index (κ3) is 3.47. The predicted octanol–water partition coefficient (Wildman–Crippen LogP) is 5.19. The minimum atomic E-state index is 0.169. The van der Waals surface area contributed by atoms with E-state index >= 15 is 0 Å². The minimum absolute atomic E-state index is 0.169. The summed E-state index contributed by atoms with van der Waals surface area (Å²) in [6.45, 7) is 0. The lowest BCUT2D eigenvalue weighted by molar-refractivity contribution is 1.24. The standard InChI is InChI=1S/C15H8Br3N5/c16-8-5-9(17)14(10(18)6-8)23-22-13(7-19)15-20-11-3-1-2-4-12(11)21-15/h1-6,23H,(H,20,21). The number of hydrogen-bond acceptors (Lipinski definition) is 4. The van der Waals surface area contributed by atoms with Crippen molar-refractivity contribution in [2.45, 2.75) is 0 Å². The van der Waals surface area contributed by atoms with Gasteiger partial charge in [0, 0.05) is 13.4 Å². The second kappa shape index (κ2) is 6.83. The number of aromatic amines is 1. The highest BCUT2D eigenvalue weighted by Gasteiger charge is 2.11. The van der Waals surface area contributed by atoms with Gasteiger partial charge in [-0.2, -0.15) is 10.4 Å². The van der Waals surface area contributed by atoms with Crippen LogP contribution in [0.3, 0.4) is 0 Å². The van der Waals surface area contributed by atoms with E-state index in [1.54, 1.807) is 0 Å². The number of hydrogen-bond donors (Lipinski definition) is 2. The van der Waals surface area contributed by atoms with E-state index in [1.165, 1.54) is 0 Å². The van der Waals surface area contributed by atoms with E-state index in [4.69, 9.17) is 0 Å². The number of hydrazone groups is 1.